The average molecular weight is 334 g/mol. The van der Waals surface area contributed by atoms with E-state index < -0.39 is 11.6 Å². The third-order valence-corrected chi connectivity index (χ3v) is 6.28. The number of methoxy groups -OCH3 is 1. The molecule has 3 heteroatoms. The quantitative estimate of drug-likeness (QED) is 0.592. The Morgan fingerprint density at radius 2 is 1.42 bits per heavy atom. The Kier molecular flexibility index (Phi) is 5.57. The zero-order valence-corrected chi connectivity index (χ0v) is 14.6. The highest BCUT2D eigenvalue weighted by Crippen LogP contribution is 2.44. The van der Waals surface area contributed by atoms with Crippen molar-refractivity contribution in [2.45, 2.75) is 57.3 Å². The minimum atomic E-state index is -0.586. The summed E-state index contributed by atoms with van der Waals surface area (Å²) in [7, 11) is 1.30. The smallest absolute Gasteiger partial charge is 0.190 e. The molecule has 2 saturated carbocycles. The summed E-state index contributed by atoms with van der Waals surface area (Å²) >= 11 is 0. The predicted molar refractivity (Wildman–Crippen MR) is 93.3 cm³/mol. The average Bonchev–Trinajstić information content (AvgIpc) is 2.62. The van der Waals surface area contributed by atoms with Crippen LogP contribution in [0.3, 0.4) is 0 Å². The van der Waals surface area contributed by atoms with Crippen molar-refractivity contribution in [3.8, 4) is 5.75 Å². The monoisotopic (exact) mass is 334 g/mol. The number of benzene rings is 1. The maximum Gasteiger partial charge on any atom is 0.190 e. The van der Waals surface area contributed by atoms with Crippen molar-refractivity contribution in [2.24, 2.45) is 17.8 Å². The molecule has 3 rings (SSSR count). The molecule has 0 aromatic heterocycles. The SMILES string of the molecule is C=CC1CCC(C2CCC(c3cc(F)c(OC)c(F)c3)CC2)CC1. The van der Waals surface area contributed by atoms with Gasteiger partial charge in [-0.25, -0.2) is 8.78 Å². The first-order chi connectivity index (χ1) is 11.6. The van der Waals surface area contributed by atoms with Crippen LogP contribution in [0.1, 0.15) is 62.8 Å². The second-order valence-corrected chi connectivity index (χ2v) is 7.54. The van der Waals surface area contributed by atoms with Crippen LogP contribution >= 0.6 is 0 Å². The minimum absolute atomic E-state index is 0.272. The van der Waals surface area contributed by atoms with Crippen LogP contribution in [0.4, 0.5) is 8.78 Å². The van der Waals surface area contributed by atoms with E-state index in [4.69, 9.17) is 4.74 Å². The molecule has 2 aliphatic rings. The first-order valence-electron chi connectivity index (χ1n) is 9.27. The number of ether oxygens (including phenoxy) is 1. The van der Waals surface area contributed by atoms with Crippen LogP contribution in [0, 0.1) is 29.4 Å². The second-order valence-electron chi connectivity index (χ2n) is 7.54. The molecule has 0 heterocycles. The molecule has 0 saturated heterocycles. The zero-order valence-electron chi connectivity index (χ0n) is 14.6. The van der Waals surface area contributed by atoms with E-state index >= 15 is 0 Å². The minimum Gasteiger partial charge on any atom is -0.491 e. The highest BCUT2D eigenvalue weighted by Gasteiger charge is 2.31. The van der Waals surface area contributed by atoms with Crippen LogP contribution in [0.15, 0.2) is 24.8 Å². The van der Waals surface area contributed by atoms with Crippen molar-refractivity contribution in [3.05, 3.63) is 42.0 Å². The normalized spacial score (nSPS) is 30.8. The number of hydrogen-bond acceptors (Lipinski definition) is 1. The van der Waals surface area contributed by atoms with Crippen LogP contribution in [0.2, 0.25) is 0 Å². The predicted octanol–water partition coefficient (Wildman–Crippen LogP) is 6.24. The molecule has 132 valence electrons. The molecule has 2 fully saturated rings. The van der Waals surface area contributed by atoms with Crippen molar-refractivity contribution < 1.29 is 13.5 Å². The molecule has 0 amide bonds. The number of halogens is 2. The van der Waals surface area contributed by atoms with Gasteiger partial charge in [0.15, 0.2) is 17.4 Å². The van der Waals surface area contributed by atoms with E-state index in [-0.39, 0.29) is 11.7 Å². The summed E-state index contributed by atoms with van der Waals surface area (Å²) in [6, 6.07) is 2.92. The Balaban J connectivity index is 1.58. The van der Waals surface area contributed by atoms with Gasteiger partial charge in [0.25, 0.3) is 0 Å². The third kappa shape index (κ3) is 3.65. The van der Waals surface area contributed by atoms with Crippen LogP contribution < -0.4 is 4.74 Å². The molecular formula is C21H28F2O. The fourth-order valence-corrected chi connectivity index (χ4v) is 4.79. The Bertz CT molecular complexity index is 544. The van der Waals surface area contributed by atoms with E-state index in [9.17, 15) is 8.78 Å². The van der Waals surface area contributed by atoms with Gasteiger partial charge < -0.3 is 4.74 Å². The lowest BCUT2D eigenvalue weighted by molar-refractivity contribution is 0.171. The molecule has 24 heavy (non-hydrogen) atoms. The van der Waals surface area contributed by atoms with Crippen LogP contribution in [0.25, 0.3) is 0 Å². The highest BCUT2D eigenvalue weighted by atomic mass is 19.1. The summed E-state index contributed by atoms with van der Waals surface area (Å²) in [4.78, 5) is 0. The fraction of sp³-hybridized carbons (Fsp3) is 0.619. The molecule has 0 aliphatic heterocycles. The van der Waals surface area contributed by atoms with Crippen LogP contribution in [-0.4, -0.2) is 7.11 Å². The number of allylic oxidation sites excluding steroid dienone is 1. The molecule has 1 nitrogen and oxygen atoms in total. The van der Waals surface area contributed by atoms with Crippen molar-refractivity contribution in [2.75, 3.05) is 7.11 Å². The van der Waals surface area contributed by atoms with E-state index in [1.807, 2.05) is 0 Å². The van der Waals surface area contributed by atoms with Gasteiger partial charge in [-0.3, -0.25) is 0 Å². The van der Waals surface area contributed by atoms with Gasteiger partial charge in [0.2, 0.25) is 0 Å². The zero-order chi connectivity index (χ0) is 17.1. The summed E-state index contributed by atoms with van der Waals surface area (Å²) in [5.74, 6) is 1.18. The molecular weight excluding hydrogens is 306 g/mol. The molecule has 2 aliphatic carbocycles. The second kappa shape index (κ2) is 7.67. The number of hydrogen-bond donors (Lipinski definition) is 0. The maximum atomic E-state index is 13.9. The van der Waals surface area contributed by atoms with Crippen molar-refractivity contribution in [1.82, 2.24) is 0 Å². The molecule has 0 bridgehead atoms. The molecule has 0 unspecified atom stereocenters. The third-order valence-electron chi connectivity index (χ3n) is 6.28. The fourth-order valence-electron chi connectivity index (χ4n) is 4.79. The summed E-state index contributed by atoms with van der Waals surface area (Å²) in [6.45, 7) is 3.92. The van der Waals surface area contributed by atoms with Crippen molar-refractivity contribution >= 4 is 0 Å². The Hall–Kier alpha value is -1.38. The number of rotatable bonds is 4. The molecule has 0 radical (unpaired) electrons. The summed E-state index contributed by atoms with van der Waals surface area (Å²) in [6.07, 6.45) is 11.8. The standard InChI is InChI=1S/C21H28F2O/c1-3-14-4-6-15(7-5-14)16-8-10-17(11-9-16)18-12-19(22)21(24-2)20(23)13-18/h3,12-17H,1,4-11H2,2H3. The first-order valence-corrected chi connectivity index (χ1v) is 9.27. The summed E-state index contributed by atoms with van der Waals surface area (Å²) in [5, 5.41) is 0. The van der Waals surface area contributed by atoms with Gasteiger partial charge in [0.05, 0.1) is 7.11 Å². The maximum absolute atomic E-state index is 13.9. The highest BCUT2D eigenvalue weighted by molar-refractivity contribution is 5.33. The lowest BCUT2D eigenvalue weighted by Crippen LogP contribution is -2.25. The Labute approximate surface area is 144 Å². The summed E-state index contributed by atoms with van der Waals surface area (Å²) < 4.78 is 32.6. The molecule has 1 aromatic rings. The van der Waals surface area contributed by atoms with E-state index in [2.05, 4.69) is 12.7 Å². The van der Waals surface area contributed by atoms with Crippen LogP contribution in [-0.2, 0) is 0 Å². The van der Waals surface area contributed by atoms with E-state index in [1.165, 1.54) is 57.8 Å². The summed E-state index contributed by atoms with van der Waals surface area (Å²) in [5.41, 5.74) is 0.791. The van der Waals surface area contributed by atoms with Gasteiger partial charge in [0, 0.05) is 0 Å². The Morgan fingerprint density at radius 1 is 0.917 bits per heavy atom. The van der Waals surface area contributed by atoms with Gasteiger partial charge >= 0.3 is 0 Å². The largest absolute Gasteiger partial charge is 0.491 e. The van der Waals surface area contributed by atoms with E-state index in [0.717, 1.165) is 30.2 Å². The Morgan fingerprint density at radius 3 is 1.88 bits per heavy atom. The van der Waals surface area contributed by atoms with Gasteiger partial charge in [-0.1, -0.05) is 6.08 Å². The lowest BCUT2D eigenvalue weighted by atomic mass is 9.68. The molecule has 0 atom stereocenters. The van der Waals surface area contributed by atoms with Crippen molar-refractivity contribution in [1.29, 1.82) is 0 Å². The lowest BCUT2D eigenvalue weighted by Gasteiger charge is -2.37. The van der Waals surface area contributed by atoms with Crippen molar-refractivity contribution in [3.63, 3.8) is 0 Å². The molecule has 0 N–H and O–H groups in total. The van der Waals surface area contributed by atoms with Crippen LogP contribution in [0.5, 0.6) is 5.75 Å². The molecule has 0 spiro atoms. The van der Waals surface area contributed by atoms with Gasteiger partial charge in [-0.2, -0.15) is 0 Å². The van der Waals surface area contributed by atoms with Gasteiger partial charge in [0.1, 0.15) is 0 Å². The van der Waals surface area contributed by atoms with E-state index in [1.54, 1.807) is 0 Å². The van der Waals surface area contributed by atoms with Gasteiger partial charge in [-0.15, -0.1) is 6.58 Å². The topological polar surface area (TPSA) is 9.23 Å². The van der Waals surface area contributed by atoms with Gasteiger partial charge in [-0.05, 0) is 92.7 Å². The first kappa shape index (κ1) is 17.4. The molecule has 1 aromatic carbocycles. The van der Waals surface area contributed by atoms with E-state index in [0.29, 0.717) is 5.92 Å².